The molecule has 2 aliphatic heterocycles. The number of sulfonamides is 1. The second-order valence-electron chi connectivity index (χ2n) is 8.43. The Labute approximate surface area is 195 Å². The van der Waals surface area contributed by atoms with Gasteiger partial charge >= 0.3 is 0 Å². The van der Waals surface area contributed by atoms with Crippen molar-refractivity contribution < 1.29 is 22.7 Å². The van der Waals surface area contributed by atoms with E-state index in [9.17, 15) is 13.2 Å². The monoisotopic (exact) mass is 473 g/mol. The van der Waals surface area contributed by atoms with Crippen LogP contribution in [0.4, 0.5) is 0 Å². The average molecular weight is 474 g/mol. The van der Waals surface area contributed by atoms with E-state index in [0.29, 0.717) is 25.3 Å². The molecule has 2 fully saturated rings. The predicted molar refractivity (Wildman–Crippen MR) is 124 cm³/mol. The number of benzene rings is 2. The van der Waals surface area contributed by atoms with Crippen LogP contribution in [0.5, 0.6) is 0 Å². The molecule has 2 aliphatic rings. The van der Waals surface area contributed by atoms with Crippen molar-refractivity contribution in [2.24, 2.45) is 0 Å². The first-order chi connectivity index (χ1) is 16.0. The fourth-order valence-electron chi connectivity index (χ4n) is 4.07. The number of rotatable bonds is 9. The average Bonchev–Trinajstić information content (AvgIpc) is 3.36. The Kier molecular flexibility index (Phi) is 8.11. The molecule has 178 valence electrons. The number of hydrogen-bond donors (Lipinski definition) is 2. The number of hydrogen-bond acceptors (Lipinski definition) is 6. The zero-order chi connectivity index (χ0) is 23.1. The number of morpholine rings is 1. The molecule has 4 rings (SSSR count). The Morgan fingerprint density at radius 2 is 1.73 bits per heavy atom. The van der Waals surface area contributed by atoms with E-state index in [0.717, 1.165) is 32.5 Å². The van der Waals surface area contributed by atoms with Crippen LogP contribution in [0.2, 0.25) is 0 Å². The first-order valence-corrected chi connectivity index (χ1v) is 12.9. The summed E-state index contributed by atoms with van der Waals surface area (Å²) in [6.45, 7) is 4.40. The Balaban J connectivity index is 1.25. The normalized spacial score (nSPS) is 21.7. The first kappa shape index (κ1) is 23.8. The highest BCUT2D eigenvalue weighted by Crippen LogP contribution is 2.15. The van der Waals surface area contributed by atoms with Gasteiger partial charge in [0.2, 0.25) is 10.0 Å². The molecule has 2 aromatic carbocycles. The zero-order valence-electron chi connectivity index (χ0n) is 18.6. The highest BCUT2D eigenvalue weighted by Gasteiger charge is 2.22. The van der Waals surface area contributed by atoms with Crippen LogP contribution in [0, 0.1) is 0 Å². The summed E-state index contributed by atoms with van der Waals surface area (Å²) in [5.74, 6) is -0.255. The van der Waals surface area contributed by atoms with E-state index in [2.05, 4.69) is 27.1 Å². The molecule has 2 saturated heterocycles. The van der Waals surface area contributed by atoms with Crippen LogP contribution in [0.1, 0.15) is 28.8 Å². The molecule has 0 aromatic heterocycles. The Morgan fingerprint density at radius 1 is 0.970 bits per heavy atom. The number of nitrogens with one attached hydrogen (secondary N) is 2. The van der Waals surface area contributed by atoms with Crippen molar-refractivity contribution in [2.45, 2.75) is 36.5 Å². The molecule has 9 heteroatoms. The van der Waals surface area contributed by atoms with Gasteiger partial charge in [-0.2, -0.15) is 0 Å². The predicted octanol–water partition coefficient (Wildman–Crippen LogP) is 1.77. The number of carbonyl (C=O) groups excluding carboxylic acids is 1. The van der Waals surface area contributed by atoms with E-state index in [1.807, 2.05) is 18.2 Å². The maximum Gasteiger partial charge on any atom is 0.251 e. The molecule has 0 bridgehead atoms. The molecular formula is C24H31N3O5S. The first-order valence-electron chi connectivity index (χ1n) is 11.4. The van der Waals surface area contributed by atoms with Gasteiger partial charge in [-0.15, -0.1) is 0 Å². The molecule has 0 aliphatic carbocycles. The fourth-order valence-corrected chi connectivity index (χ4v) is 5.14. The van der Waals surface area contributed by atoms with Gasteiger partial charge in [0.25, 0.3) is 5.91 Å². The van der Waals surface area contributed by atoms with Crippen molar-refractivity contribution in [3.8, 4) is 0 Å². The van der Waals surface area contributed by atoms with Crippen LogP contribution in [0.3, 0.4) is 0 Å². The lowest BCUT2D eigenvalue weighted by Gasteiger charge is -2.33. The van der Waals surface area contributed by atoms with Gasteiger partial charge in [-0.1, -0.05) is 30.3 Å². The highest BCUT2D eigenvalue weighted by molar-refractivity contribution is 7.89. The van der Waals surface area contributed by atoms with Crippen molar-refractivity contribution in [3.63, 3.8) is 0 Å². The van der Waals surface area contributed by atoms with Gasteiger partial charge in [-0.05, 0) is 42.7 Å². The standard InChI is InChI=1S/C24H31N3O5S/c28-24(25-15-22-18-27(12-14-32-22)17-19-5-2-1-3-6-19)20-8-10-23(11-9-20)33(29,30)26-16-21-7-4-13-31-21/h1-3,5-6,8-11,21-22,26H,4,7,12-18H2,(H,25,28). The molecule has 0 radical (unpaired) electrons. The van der Waals surface area contributed by atoms with Crippen LogP contribution in [-0.2, 0) is 26.0 Å². The molecule has 2 aromatic rings. The molecule has 0 spiro atoms. The van der Waals surface area contributed by atoms with Gasteiger partial charge in [0.15, 0.2) is 0 Å². The minimum absolute atomic E-state index is 0.0737. The van der Waals surface area contributed by atoms with Crippen molar-refractivity contribution in [1.29, 1.82) is 0 Å². The largest absolute Gasteiger partial charge is 0.377 e. The maximum atomic E-state index is 12.6. The van der Waals surface area contributed by atoms with E-state index in [4.69, 9.17) is 9.47 Å². The van der Waals surface area contributed by atoms with Gasteiger partial charge < -0.3 is 14.8 Å². The second kappa shape index (κ2) is 11.2. The maximum absolute atomic E-state index is 12.6. The second-order valence-corrected chi connectivity index (χ2v) is 10.2. The van der Waals surface area contributed by atoms with Crippen LogP contribution in [-0.4, -0.2) is 70.8 Å². The Hall–Kier alpha value is -2.30. The SMILES string of the molecule is O=C(NCC1CN(Cc2ccccc2)CCO1)c1ccc(S(=O)(=O)NCC2CCCO2)cc1. The lowest BCUT2D eigenvalue weighted by Crippen LogP contribution is -2.47. The summed E-state index contributed by atoms with van der Waals surface area (Å²) in [6.07, 6.45) is 1.65. The third-order valence-corrected chi connectivity index (χ3v) is 7.35. The third-order valence-electron chi connectivity index (χ3n) is 5.91. The lowest BCUT2D eigenvalue weighted by atomic mass is 10.2. The third kappa shape index (κ3) is 6.84. The number of carbonyl (C=O) groups is 1. The van der Waals surface area contributed by atoms with Crippen molar-refractivity contribution >= 4 is 15.9 Å². The van der Waals surface area contributed by atoms with E-state index in [1.165, 1.54) is 29.8 Å². The Morgan fingerprint density at radius 3 is 2.45 bits per heavy atom. The fraction of sp³-hybridized carbons (Fsp3) is 0.458. The Bertz CT molecular complexity index is 1010. The van der Waals surface area contributed by atoms with E-state index in [1.54, 1.807) is 0 Å². The molecule has 1 amide bonds. The topological polar surface area (TPSA) is 97.0 Å². The minimum Gasteiger partial charge on any atom is -0.377 e. The molecule has 2 atom stereocenters. The molecule has 2 N–H and O–H groups in total. The van der Waals surface area contributed by atoms with Crippen LogP contribution < -0.4 is 10.0 Å². The smallest absolute Gasteiger partial charge is 0.251 e. The van der Waals surface area contributed by atoms with Crippen LogP contribution >= 0.6 is 0 Å². The summed E-state index contributed by atoms with van der Waals surface area (Å²) in [5.41, 5.74) is 1.66. The molecule has 8 nitrogen and oxygen atoms in total. The molecule has 33 heavy (non-hydrogen) atoms. The number of ether oxygens (including phenoxy) is 2. The summed E-state index contributed by atoms with van der Waals surface area (Å²) in [6, 6.07) is 16.2. The van der Waals surface area contributed by atoms with Gasteiger partial charge in [0, 0.05) is 44.9 Å². The van der Waals surface area contributed by atoms with E-state index >= 15 is 0 Å². The van der Waals surface area contributed by atoms with Crippen molar-refractivity contribution in [2.75, 3.05) is 39.4 Å². The summed E-state index contributed by atoms with van der Waals surface area (Å²) in [5, 5.41) is 2.90. The number of nitrogens with zero attached hydrogens (tertiary/aromatic N) is 1. The van der Waals surface area contributed by atoms with Gasteiger partial charge in [0.05, 0.1) is 23.7 Å². The van der Waals surface area contributed by atoms with Crippen LogP contribution in [0.15, 0.2) is 59.5 Å². The molecule has 2 unspecified atom stereocenters. The lowest BCUT2D eigenvalue weighted by molar-refractivity contribution is -0.0292. The summed E-state index contributed by atoms with van der Waals surface area (Å²) >= 11 is 0. The highest BCUT2D eigenvalue weighted by atomic mass is 32.2. The van der Waals surface area contributed by atoms with Crippen molar-refractivity contribution in [1.82, 2.24) is 14.9 Å². The van der Waals surface area contributed by atoms with Crippen molar-refractivity contribution in [3.05, 3.63) is 65.7 Å². The zero-order valence-corrected chi connectivity index (χ0v) is 19.4. The minimum atomic E-state index is -3.64. The van der Waals surface area contributed by atoms with Gasteiger partial charge in [0.1, 0.15) is 0 Å². The van der Waals surface area contributed by atoms with E-state index < -0.39 is 10.0 Å². The summed E-state index contributed by atoms with van der Waals surface area (Å²) in [7, 11) is -3.64. The quantitative estimate of drug-likeness (QED) is 0.576. The molecule has 2 heterocycles. The summed E-state index contributed by atoms with van der Waals surface area (Å²) < 4.78 is 38.8. The van der Waals surface area contributed by atoms with Gasteiger partial charge in [-0.25, -0.2) is 13.1 Å². The molecular weight excluding hydrogens is 442 g/mol. The number of amides is 1. The van der Waals surface area contributed by atoms with Gasteiger partial charge in [-0.3, -0.25) is 9.69 Å². The van der Waals surface area contributed by atoms with Crippen LogP contribution in [0.25, 0.3) is 0 Å². The molecule has 0 saturated carbocycles. The van der Waals surface area contributed by atoms with E-state index in [-0.39, 0.29) is 29.6 Å². The summed E-state index contributed by atoms with van der Waals surface area (Å²) in [4.78, 5) is 15.0.